The molecular weight excluding hydrogens is 272 g/mol. The summed E-state index contributed by atoms with van der Waals surface area (Å²) in [6.07, 6.45) is 0. The van der Waals surface area contributed by atoms with Gasteiger partial charge >= 0.3 is 12.0 Å². The van der Waals surface area contributed by atoms with Crippen LogP contribution in [-0.2, 0) is 4.74 Å². The van der Waals surface area contributed by atoms with Crippen LogP contribution in [0.2, 0.25) is 0 Å². The number of carbonyl (C=O) groups excluding carboxylic acids is 1. The van der Waals surface area contributed by atoms with E-state index in [9.17, 15) is 9.59 Å². The van der Waals surface area contributed by atoms with Gasteiger partial charge in [-0.15, -0.1) is 0 Å². The minimum Gasteiger partial charge on any atom is -0.478 e. The zero-order valence-corrected chi connectivity index (χ0v) is 12.6. The molecule has 0 aromatic heterocycles. The van der Waals surface area contributed by atoms with Crippen LogP contribution in [0.1, 0.15) is 31.1 Å². The number of para-hydroxylation sites is 1. The zero-order chi connectivity index (χ0) is 15.8. The molecule has 0 bridgehead atoms. The lowest BCUT2D eigenvalue weighted by atomic mass is 10.1. The Kier molecular flexibility index (Phi) is 6.68. The fourth-order valence-corrected chi connectivity index (χ4v) is 1.75. The maximum atomic E-state index is 12.0. The molecule has 0 aliphatic carbocycles. The minimum atomic E-state index is -1.08. The van der Waals surface area contributed by atoms with Gasteiger partial charge in [0.15, 0.2) is 0 Å². The quantitative estimate of drug-likeness (QED) is 0.721. The van der Waals surface area contributed by atoms with Crippen molar-refractivity contribution in [1.29, 1.82) is 0 Å². The Morgan fingerprint density at radius 2 is 1.95 bits per heavy atom. The van der Waals surface area contributed by atoms with Gasteiger partial charge in [0, 0.05) is 6.61 Å². The SMILES string of the molecule is CCOCC(NC(=O)Nc1ccccc1C(=O)O)C(C)C. The molecule has 116 valence electrons. The van der Waals surface area contributed by atoms with Crippen LogP contribution in [0.25, 0.3) is 0 Å². The highest BCUT2D eigenvalue weighted by Gasteiger charge is 2.17. The van der Waals surface area contributed by atoms with Crippen molar-refractivity contribution in [3.05, 3.63) is 29.8 Å². The Morgan fingerprint density at radius 3 is 2.52 bits per heavy atom. The van der Waals surface area contributed by atoms with Gasteiger partial charge in [0.05, 0.1) is 23.9 Å². The van der Waals surface area contributed by atoms with E-state index in [1.165, 1.54) is 6.07 Å². The molecule has 1 aromatic carbocycles. The van der Waals surface area contributed by atoms with E-state index in [4.69, 9.17) is 9.84 Å². The summed E-state index contributed by atoms with van der Waals surface area (Å²) in [7, 11) is 0. The van der Waals surface area contributed by atoms with E-state index < -0.39 is 12.0 Å². The molecule has 0 aliphatic rings. The lowest BCUT2D eigenvalue weighted by Gasteiger charge is -2.22. The van der Waals surface area contributed by atoms with E-state index in [2.05, 4.69) is 10.6 Å². The van der Waals surface area contributed by atoms with Crippen LogP contribution in [0.4, 0.5) is 10.5 Å². The topological polar surface area (TPSA) is 87.7 Å². The molecule has 6 nitrogen and oxygen atoms in total. The molecule has 0 saturated carbocycles. The number of carboxylic acids is 1. The first-order valence-electron chi connectivity index (χ1n) is 6.93. The maximum absolute atomic E-state index is 12.0. The maximum Gasteiger partial charge on any atom is 0.337 e. The molecular formula is C15H22N2O4. The lowest BCUT2D eigenvalue weighted by molar-refractivity contribution is 0.0698. The Morgan fingerprint density at radius 1 is 1.29 bits per heavy atom. The van der Waals surface area contributed by atoms with Gasteiger partial charge in [-0.2, -0.15) is 0 Å². The highest BCUT2D eigenvalue weighted by atomic mass is 16.5. The number of ether oxygens (including phenoxy) is 1. The normalized spacial score (nSPS) is 12.0. The van der Waals surface area contributed by atoms with Gasteiger partial charge in [-0.25, -0.2) is 9.59 Å². The van der Waals surface area contributed by atoms with Crippen molar-refractivity contribution in [2.24, 2.45) is 5.92 Å². The number of anilines is 1. The summed E-state index contributed by atoms with van der Waals surface area (Å²) < 4.78 is 5.33. The molecule has 0 radical (unpaired) electrons. The Balaban J connectivity index is 2.70. The predicted octanol–water partition coefficient (Wildman–Crippen LogP) is 2.57. The van der Waals surface area contributed by atoms with Crippen LogP contribution in [0.15, 0.2) is 24.3 Å². The lowest BCUT2D eigenvalue weighted by Crippen LogP contribution is -2.44. The highest BCUT2D eigenvalue weighted by Crippen LogP contribution is 2.14. The van der Waals surface area contributed by atoms with Crippen LogP contribution in [0.5, 0.6) is 0 Å². The molecule has 2 amide bonds. The molecule has 21 heavy (non-hydrogen) atoms. The molecule has 3 N–H and O–H groups in total. The number of hydrogen-bond acceptors (Lipinski definition) is 3. The van der Waals surface area contributed by atoms with Crippen molar-refractivity contribution in [2.45, 2.75) is 26.8 Å². The summed E-state index contributed by atoms with van der Waals surface area (Å²) in [5, 5.41) is 14.4. The number of carbonyl (C=O) groups is 2. The van der Waals surface area contributed by atoms with Gasteiger partial charge in [0.25, 0.3) is 0 Å². The average Bonchev–Trinajstić information content (AvgIpc) is 2.43. The van der Waals surface area contributed by atoms with Gasteiger partial charge in [-0.3, -0.25) is 0 Å². The number of benzene rings is 1. The smallest absolute Gasteiger partial charge is 0.337 e. The Labute approximate surface area is 124 Å². The van der Waals surface area contributed by atoms with E-state index in [0.29, 0.717) is 13.2 Å². The predicted molar refractivity (Wildman–Crippen MR) is 80.7 cm³/mol. The molecule has 0 aliphatic heterocycles. The summed E-state index contributed by atoms with van der Waals surface area (Å²) in [5.74, 6) is -0.877. The third-order valence-electron chi connectivity index (χ3n) is 3.03. The minimum absolute atomic E-state index is 0.0542. The molecule has 0 heterocycles. The first-order valence-corrected chi connectivity index (χ1v) is 6.93. The van der Waals surface area contributed by atoms with Crippen molar-refractivity contribution in [3.8, 4) is 0 Å². The first-order chi connectivity index (χ1) is 9.95. The molecule has 0 spiro atoms. The number of aromatic carboxylic acids is 1. The third kappa shape index (κ3) is 5.43. The zero-order valence-electron chi connectivity index (χ0n) is 12.6. The second kappa shape index (κ2) is 8.26. The number of hydrogen-bond donors (Lipinski definition) is 3. The molecule has 0 fully saturated rings. The monoisotopic (exact) mass is 294 g/mol. The van der Waals surface area contributed by atoms with Gasteiger partial charge in [0.2, 0.25) is 0 Å². The first kappa shape index (κ1) is 17.0. The average molecular weight is 294 g/mol. The van der Waals surface area contributed by atoms with Crippen LogP contribution in [0, 0.1) is 5.92 Å². The summed E-state index contributed by atoms with van der Waals surface area (Å²) in [6, 6.07) is 5.69. The van der Waals surface area contributed by atoms with E-state index in [-0.39, 0.29) is 23.2 Å². The number of urea groups is 1. The number of rotatable bonds is 7. The van der Waals surface area contributed by atoms with Gasteiger partial charge < -0.3 is 20.5 Å². The van der Waals surface area contributed by atoms with Crippen LogP contribution in [-0.4, -0.2) is 36.4 Å². The molecule has 0 saturated heterocycles. The van der Waals surface area contributed by atoms with Crippen molar-refractivity contribution >= 4 is 17.7 Å². The van der Waals surface area contributed by atoms with Crippen LogP contribution >= 0.6 is 0 Å². The van der Waals surface area contributed by atoms with Crippen LogP contribution in [0.3, 0.4) is 0 Å². The number of nitrogens with one attached hydrogen (secondary N) is 2. The summed E-state index contributed by atoms with van der Waals surface area (Å²) >= 11 is 0. The van der Waals surface area contributed by atoms with E-state index in [0.717, 1.165) is 0 Å². The standard InChI is InChI=1S/C15H22N2O4/c1-4-21-9-13(10(2)3)17-15(20)16-12-8-6-5-7-11(12)14(18)19/h5-8,10,13H,4,9H2,1-3H3,(H,18,19)(H2,16,17,20). The van der Waals surface area contributed by atoms with E-state index >= 15 is 0 Å². The summed E-state index contributed by atoms with van der Waals surface area (Å²) in [4.78, 5) is 23.1. The summed E-state index contributed by atoms with van der Waals surface area (Å²) in [6.45, 7) is 6.85. The van der Waals surface area contributed by atoms with Crippen LogP contribution < -0.4 is 10.6 Å². The van der Waals surface area contributed by atoms with Crippen molar-refractivity contribution in [2.75, 3.05) is 18.5 Å². The third-order valence-corrected chi connectivity index (χ3v) is 3.03. The number of carboxylic acid groups (broad SMARTS) is 1. The molecule has 1 atom stereocenters. The summed E-state index contributed by atoms with van der Waals surface area (Å²) in [5.41, 5.74) is 0.319. The fourth-order valence-electron chi connectivity index (χ4n) is 1.75. The number of amides is 2. The largest absolute Gasteiger partial charge is 0.478 e. The van der Waals surface area contributed by atoms with E-state index in [1.807, 2.05) is 20.8 Å². The van der Waals surface area contributed by atoms with E-state index in [1.54, 1.807) is 18.2 Å². The molecule has 1 rings (SSSR count). The Hall–Kier alpha value is -2.08. The molecule has 6 heteroatoms. The highest BCUT2D eigenvalue weighted by molar-refractivity contribution is 6.00. The molecule has 1 unspecified atom stereocenters. The van der Waals surface area contributed by atoms with Crippen molar-refractivity contribution < 1.29 is 19.4 Å². The Bertz CT molecular complexity index is 488. The van der Waals surface area contributed by atoms with Gasteiger partial charge in [0.1, 0.15) is 0 Å². The second-order valence-corrected chi connectivity index (χ2v) is 4.96. The second-order valence-electron chi connectivity index (χ2n) is 4.96. The van der Waals surface area contributed by atoms with Gasteiger partial charge in [-0.1, -0.05) is 26.0 Å². The van der Waals surface area contributed by atoms with Crippen molar-refractivity contribution in [1.82, 2.24) is 5.32 Å². The van der Waals surface area contributed by atoms with Gasteiger partial charge in [-0.05, 0) is 25.0 Å². The molecule has 1 aromatic rings. The fraction of sp³-hybridized carbons (Fsp3) is 0.467. The van der Waals surface area contributed by atoms with Crippen molar-refractivity contribution in [3.63, 3.8) is 0 Å².